The normalized spacial score (nSPS) is 16.7. The first-order valence-corrected chi connectivity index (χ1v) is 8.08. The molecule has 1 aliphatic heterocycles. The van der Waals surface area contributed by atoms with Gasteiger partial charge in [0.15, 0.2) is 0 Å². The van der Waals surface area contributed by atoms with E-state index >= 15 is 0 Å². The van der Waals surface area contributed by atoms with Crippen molar-refractivity contribution in [1.82, 2.24) is 15.1 Å². The molecule has 1 amide bonds. The molecule has 0 spiro atoms. The molecule has 1 N–H and O–H groups in total. The molecule has 1 heterocycles. The Hall–Kier alpha value is -1.17. The molecular weight excluding hydrogens is 305 g/mol. The Morgan fingerprint density at radius 2 is 2.00 bits per heavy atom. The van der Waals surface area contributed by atoms with Gasteiger partial charge in [-0.2, -0.15) is 0 Å². The molecule has 1 aliphatic rings. The van der Waals surface area contributed by atoms with Crippen LogP contribution in [0.1, 0.15) is 23.2 Å². The van der Waals surface area contributed by atoms with E-state index in [4.69, 9.17) is 11.6 Å². The zero-order valence-corrected chi connectivity index (χ0v) is 13.7. The molecule has 22 heavy (non-hydrogen) atoms. The minimum atomic E-state index is -0.542. The minimum Gasteiger partial charge on any atom is -0.352 e. The molecular formula is C16H23ClFN3O. The first-order valence-electron chi connectivity index (χ1n) is 7.70. The number of likely N-dealkylation sites (N-methyl/N-ethyl adjacent to an activating group) is 1. The number of carbonyl (C=O) groups is 1. The molecule has 1 saturated heterocycles. The van der Waals surface area contributed by atoms with Gasteiger partial charge in [-0.3, -0.25) is 4.79 Å². The lowest BCUT2D eigenvalue weighted by molar-refractivity contribution is 0.0948. The molecule has 0 unspecified atom stereocenters. The van der Waals surface area contributed by atoms with E-state index in [1.165, 1.54) is 18.2 Å². The fourth-order valence-electron chi connectivity index (χ4n) is 2.50. The van der Waals surface area contributed by atoms with Gasteiger partial charge in [-0.15, -0.1) is 0 Å². The second-order valence-corrected chi connectivity index (χ2v) is 6.17. The molecule has 0 aromatic heterocycles. The van der Waals surface area contributed by atoms with Crippen molar-refractivity contribution in [3.8, 4) is 0 Å². The highest BCUT2D eigenvalue weighted by molar-refractivity contribution is 6.30. The van der Waals surface area contributed by atoms with E-state index in [0.29, 0.717) is 11.6 Å². The topological polar surface area (TPSA) is 35.6 Å². The quantitative estimate of drug-likeness (QED) is 0.814. The highest BCUT2D eigenvalue weighted by atomic mass is 35.5. The van der Waals surface area contributed by atoms with Gasteiger partial charge in [0.05, 0.1) is 5.56 Å². The third-order valence-electron chi connectivity index (χ3n) is 3.96. The maximum atomic E-state index is 13.5. The summed E-state index contributed by atoms with van der Waals surface area (Å²) in [6.45, 7) is 6.05. The summed E-state index contributed by atoms with van der Waals surface area (Å²) < 4.78 is 13.5. The second-order valence-electron chi connectivity index (χ2n) is 5.73. The lowest BCUT2D eigenvalue weighted by Gasteiger charge is -2.32. The van der Waals surface area contributed by atoms with Gasteiger partial charge in [0.1, 0.15) is 5.82 Å². The van der Waals surface area contributed by atoms with E-state index < -0.39 is 11.7 Å². The van der Waals surface area contributed by atoms with Gasteiger partial charge in [-0.05, 0) is 44.6 Å². The van der Waals surface area contributed by atoms with Crippen LogP contribution >= 0.6 is 11.6 Å². The Morgan fingerprint density at radius 3 is 2.73 bits per heavy atom. The molecule has 1 aromatic rings. The van der Waals surface area contributed by atoms with Crippen molar-refractivity contribution >= 4 is 17.5 Å². The summed E-state index contributed by atoms with van der Waals surface area (Å²) in [5.41, 5.74) is 0.00608. The molecule has 0 saturated carbocycles. The third kappa shape index (κ3) is 5.23. The molecule has 6 heteroatoms. The van der Waals surface area contributed by atoms with Crippen LogP contribution in [0.25, 0.3) is 0 Å². The summed E-state index contributed by atoms with van der Waals surface area (Å²) in [6.07, 6.45) is 1.92. The van der Waals surface area contributed by atoms with Crippen LogP contribution in [0.15, 0.2) is 18.2 Å². The van der Waals surface area contributed by atoms with Crippen molar-refractivity contribution in [2.75, 3.05) is 46.3 Å². The van der Waals surface area contributed by atoms with Gasteiger partial charge in [0.25, 0.3) is 5.91 Å². The maximum Gasteiger partial charge on any atom is 0.254 e. The standard InChI is InChI=1S/C16H23ClFN3O/c1-20-8-10-21(11-9-20)7-3-2-6-19-16(22)14-12-13(17)4-5-15(14)18/h4-5,12H,2-3,6-11H2,1H3,(H,19,22). The summed E-state index contributed by atoms with van der Waals surface area (Å²) in [5.74, 6) is -0.945. The largest absolute Gasteiger partial charge is 0.352 e. The number of rotatable bonds is 6. The number of piperazine rings is 1. The van der Waals surface area contributed by atoms with Crippen molar-refractivity contribution < 1.29 is 9.18 Å². The van der Waals surface area contributed by atoms with Crippen LogP contribution in [0, 0.1) is 5.82 Å². The number of nitrogens with one attached hydrogen (secondary N) is 1. The summed E-state index contributed by atoms with van der Waals surface area (Å²) in [6, 6.07) is 4.00. The molecule has 4 nitrogen and oxygen atoms in total. The van der Waals surface area contributed by atoms with E-state index in [1.54, 1.807) is 0 Å². The van der Waals surface area contributed by atoms with E-state index in [0.717, 1.165) is 45.6 Å². The molecule has 0 bridgehead atoms. The van der Waals surface area contributed by atoms with E-state index in [2.05, 4.69) is 22.2 Å². The Kier molecular flexibility index (Phi) is 6.61. The minimum absolute atomic E-state index is 0.00608. The van der Waals surface area contributed by atoms with Crippen molar-refractivity contribution in [3.05, 3.63) is 34.6 Å². The maximum absolute atomic E-state index is 13.5. The van der Waals surface area contributed by atoms with Gasteiger partial charge >= 0.3 is 0 Å². The smallest absolute Gasteiger partial charge is 0.254 e. The molecule has 0 aliphatic carbocycles. The molecule has 0 atom stereocenters. The van der Waals surface area contributed by atoms with Gasteiger partial charge < -0.3 is 15.1 Å². The molecule has 1 fully saturated rings. The highest BCUT2D eigenvalue weighted by Gasteiger charge is 2.13. The van der Waals surface area contributed by atoms with Crippen molar-refractivity contribution in [2.24, 2.45) is 0 Å². The first kappa shape index (κ1) is 17.2. The third-order valence-corrected chi connectivity index (χ3v) is 4.19. The highest BCUT2D eigenvalue weighted by Crippen LogP contribution is 2.14. The zero-order chi connectivity index (χ0) is 15.9. The number of amides is 1. The summed E-state index contributed by atoms with van der Waals surface area (Å²) >= 11 is 5.79. The van der Waals surface area contributed by atoms with Crippen molar-refractivity contribution in [1.29, 1.82) is 0 Å². The predicted molar refractivity (Wildman–Crippen MR) is 86.9 cm³/mol. The van der Waals surface area contributed by atoms with Gasteiger partial charge in [0.2, 0.25) is 0 Å². The van der Waals surface area contributed by atoms with Crippen LogP contribution in [0.5, 0.6) is 0 Å². The van der Waals surface area contributed by atoms with Gasteiger partial charge in [0, 0.05) is 37.7 Å². The van der Waals surface area contributed by atoms with Crippen LogP contribution in [0.2, 0.25) is 5.02 Å². The summed E-state index contributed by atoms with van der Waals surface area (Å²) in [4.78, 5) is 16.7. The summed E-state index contributed by atoms with van der Waals surface area (Å²) in [5, 5.41) is 3.11. The van der Waals surface area contributed by atoms with Crippen molar-refractivity contribution in [3.63, 3.8) is 0 Å². The van der Waals surface area contributed by atoms with Crippen LogP contribution in [0.4, 0.5) is 4.39 Å². The Bertz CT molecular complexity index is 504. The zero-order valence-electron chi connectivity index (χ0n) is 12.9. The average molecular weight is 328 g/mol. The van der Waals surface area contributed by atoms with Crippen LogP contribution in [-0.4, -0.2) is 62.0 Å². The molecule has 1 aromatic carbocycles. The number of unbranched alkanes of at least 4 members (excludes halogenated alkanes) is 1. The fourth-order valence-corrected chi connectivity index (χ4v) is 2.67. The van der Waals surface area contributed by atoms with E-state index in [-0.39, 0.29) is 5.56 Å². The number of hydrogen-bond acceptors (Lipinski definition) is 3. The molecule has 0 radical (unpaired) electrons. The number of hydrogen-bond donors (Lipinski definition) is 1. The van der Waals surface area contributed by atoms with E-state index in [9.17, 15) is 9.18 Å². The Balaban J connectivity index is 1.64. The molecule has 2 rings (SSSR count). The lowest BCUT2D eigenvalue weighted by atomic mass is 10.2. The SMILES string of the molecule is CN1CCN(CCCCNC(=O)c2cc(Cl)ccc2F)CC1. The number of carbonyl (C=O) groups excluding carboxylic acids is 1. The predicted octanol–water partition coefficient (Wildman–Crippen LogP) is 2.24. The van der Waals surface area contributed by atoms with Gasteiger partial charge in [-0.1, -0.05) is 11.6 Å². The Morgan fingerprint density at radius 1 is 1.27 bits per heavy atom. The summed E-state index contributed by atoms with van der Waals surface area (Å²) in [7, 11) is 2.14. The lowest BCUT2D eigenvalue weighted by Crippen LogP contribution is -2.44. The van der Waals surface area contributed by atoms with Crippen LogP contribution in [0.3, 0.4) is 0 Å². The number of benzene rings is 1. The monoisotopic (exact) mass is 327 g/mol. The average Bonchev–Trinajstić information content (AvgIpc) is 2.51. The van der Waals surface area contributed by atoms with Gasteiger partial charge in [-0.25, -0.2) is 4.39 Å². The van der Waals surface area contributed by atoms with Crippen LogP contribution in [-0.2, 0) is 0 Å². The fraction of sp³-hybridized carbons (Fsp3) is 0.562. The van der Waals surface area contributed by atoms with Crippen LogP contribution < -0.4 is 5.32 Å². The number of nitrogens with zero attached hydrogens (tertiary/aromatic N) is 2. The van der Waals surface area contributed by atoms with Crippen molar-refractivity contribution in [2.45, 2.75) is 12.8 Å². The first-order chi connectivity index (χ1) is 10.6. The Labute approximate surface area is 136 Å². The number of halogens is 2. The second kappa shape index (κ2) is 8.46. The van der Waals surface area contributed by atoms with E-state index in [1.807, 2.05) is 0 Å². The molecule has 122 valence electrons.